The summed E-state index contributed by atoms with van der Waals surface area (Å²) >= 11 is 0. The van der Waals surface area contributed by atoms with Crippen LogP contribution in [0, 0.1) is 5.82 Å². The molecule has 0 heterocycles. The van der Waals surface area contributed by atoms with Crippen molar-refractivity contribution in [3.05, 3.63) is 35.6 Å². The molecule has 1 aromatic rings. The number of rotatable bonds is 5. The smallest absolute Gasteiger partial charge is 0.127 e. The first kappa shape index (κ1) is 14.1. The van der Waals surface area contributed by atoms with Crippen LogP contribution < -0.4 is 5.32 Å². The molecular weight excluding hydrogens is 217 g/mol. The first-order valence-corrected chi connectivity index (χ1v) is 6.02. The molecule has 1 atom stereocenters. The minimum absolute atomic E-state index is 0.000214. The molecule has 0 saturated carbocycles. The highest BCUT2D eigenvalue weighted by atomic mass is 19.1. The maximum Gasteiger partial charge on any atom is 0.127 e. The van der Waals surface area contributed by atoms with Crippen LogP contribution >= 0.6 is 0 Å². The maximum absolute atomic E-state index is 13.5. The summed E-state index contributed by atoms with van der Waals surface area (Å²) in [5.74, 6) is -0.163. The van der Waals surface area contributed by atoms with Crippen molar-refractivity contribution < 1.29 is 9.13 Å². The quantitative estimate of drug-likeness (QED) is 0.796. The van der Waals surface area contributed by atoms with Crippen LogP contribution in [0.25, 0.3) is 0 Å². The molecule has 1 unspecified atom stereocenters. The third-order valence-corrected chi connectivity index (χ3v) is 2.46. The topological polar surface area (TPSA) is 21.3 Å². The van der Waals surface area contributed by atoms with Gasteiger partial charge in [-0.15, -0.1) is 0 Å². The third-order valence-electron chi connectivity index (χ3n) is 2.46. The van der Waals surface area contributed by atoms with Gasteiger partial charge in [-0.25, -0.2) is 4.39 Å². The van der Waals surface area contributed by atoms with Gasteiger partial charge in [0.15, 0.2) is 0 Å². The summed E-state index contributed by atoms with van der Waals surface area (Å²) in [5, 5.41) is 3.25. The molecule has 0 aliphatic rings. The lowest BCUT2D eigenvalue weighted by Crippen LogP contribution is -2.28. The van der Waals surface area contributed by atoms with E-state index in [9.17, 15) is 4.39 Å². The summed E-state index contributed by atoms with van der Waals surface area (Å²) in [4.78, 5) is 0. The van der Waals surface area contributed by atoms with E-state index >= 15 is 0 Å². The minimum atomic E-state index is -0.163. The number of ether oxygens (including phenoxy) is 1. The van der Waals surface area contributed by atoms with E-state index in [0.717, 1.165) is 0 Å². The average molecular weight is 239 g/mol. The molecule has 0 aliphatic heterocycles. The molecular formula is C14H22FNO. The summed E-state index contributed by atoms with van der Waals surface area (Å²) in [6, 6.07) is 6.84. The Hall–Kier alpha value is -0.930. The summed E-state index contributed by atoms with van der Waals surface area (Å²) in [6.45, 7) is 9.36. The Kier molecular flexibility index (Phi) is 5.09. The summed E-state index contributed by atoms with van der Waals surface area (Å²) in [7, 11) is 0. The van der Waals surface area contributed by atoms with Crippen LogP contribution in [-0.4, -0.2) is 18.8 Å². The normalized spacial score (nSPS) is 13.7. The average Bonchev–Trinajstić information content (AvgIpc) is 2.23. The largest absolute Gasteiger partial charge is 0.375 e. The number of hydrogen-bond donors (Lipinski definition) is 1. The van der Waals surface area contributed by atoms with E-state index in [0.29, 0.717) is 18.7 Å². The molecule has 2 nitrogen and oxygen atoms in total. The van der Waals surface area contributed by atoms with E-state index in [-0.39, 0.29) is 17.5 Å². The van der Waals surface area contributed by atoms with Crippen LogP contribution in [-0.2, 0) is 4.74 Å². The van der Waals surface area contributed by atoms with E-state index in [2.05, 4.69) is 5.32 Å². The summed E-state index contributed by atoms with van der Waals surface area (Å²) in [6.07, 6.45) is 0. The van der Waals surface area contributed by atoms with Crippen molar-refractivity contribution in [1.82, 2.24) is 5.32 Å². The zero-order valence-electron chi connectivity index (χ0n) is 11.1. The molecule has 1 rings (SSSR count). The highest BCUT2D eigenvalue weighted by Gasteiger charge is 2.11. The van der Waals surface area contributed by atoms with E-state index in [1.165, 1.54) is 6.07 Å². The van der Waals surface area contributed by atoms with E-state index in [1.807, 2.05) is 33.8 Å². The van der Waals surface area contributed by atoms with Crippen molar-refractivity contribution in [3.8, 4) is 0 Å². The number of benzene rings is 1. The van der Waals surface area contributed by atoms with Gasteiger partial charge in [0.1, 0.15) is 5.82 Å². The summed E-state index contributed by atoms with van der Waals surface area (Å²) in [5.41, 5.74) is 0.575. The standard InChI is InChI=1S/C14H22FNO/c1-11(12-7-5-6-8-13(12)15)16-9-10-17-14(2,3)4/h5-8,11,16H,9-10H2,1-4H3. The monoisotopic (exact) mass is 239 g/mol. The van der Waals surface area contributed by atoms with E-state index in [1.54, 1.807) is 12.1 Å². The molecule has 0 spiro atoms. The lowest BCUT2D eigenvalue weighted by Gasteiger charge is -2.21. The second kappa shape index (κ2) is 6.12. The van der Waals surface area contributed by atoms with Crippen LogP contribution in [0.1, 0.15) is 39.3 Å². The van der Waals surface area contributed by atoms with Crippen molar-refractivity contribution in [2.24, 2.45) is 0 Å². The van der Waals surface area contributed by atoms with Gasteiger partial charge >= 0.3 is 0 Å². The maximum atomic E-state index is 13.5. The van der Waals surface area contributed by atoms with Crippen molar-refractivity contribution in [2.45, 2.75) is 39.3 Å². The van der Waals surface area contributed by atoms with Crippen molar-refractivity contribution in [2.75, 3.05) is 13.2 Å². The molecule has 0 radical (unpaired) electrons. The lowest BCUT2D eigenvalue weighted by molar-refractivity contribution is -0.00152. The van der Waals surface area contributed by atoms with Crippen LogP contribution in [0.4, 0.5) is 4.39 Å². The van der Waals surface area contributed by atoms with Crippen LogP contribution in [0.2, 0.25) is 0 Å². The molecule has 0 bridgehead atoms. The molecule has 0 aliphatic carbocycles. The Morgan fingerprint density at radius 2 is 1.94 bits per heavy atom. The first-order chi connectivity index (χ1) is 7.90. The Morgan fingerprint density at radius 1 is 1.29 bits per heavy atom. The predicted molar refractivity (Wildman–Crippen MR) is 68.5 cm³/mol. The molecule has 0 amide bonds. The SMILES string of the molecule is CC(NCCOC(C)(C)C)c1ccccc1F. The van der Waals surface area contributed by atoms with E-state index < -0.39 is 0 Å². The second-order valence-corrected chi connectivity index (χ2v) is 5.16. The van der Waals surface area contributed by atoms with Gasteiger partial charge in [-0.3, -0.25) is 0 Å². The molecule has 3 heteroatoms. The van der Waals surface area contributed by atoms with Gasteiger partial charge in [-0.1, -0.05) is 18.2 Å². The molecule has 1 aromatic carbocycles. The van der Waals surface area contributed by atoms with Crippen molar-refractivity contribution in [3.63, 3.8) is 0 Å². The molecule has 96 valence electrons. The van der Waals surface area contributed by atoms with Gasteiger partial charge < -0.3 is 10.1 Å². The van der Waals surface area contributed by atoms with Crippen LogP contribution in [0.15, 0.2) is 24.3 Å². The first-order valence-electron chi connectivity index (χ1n) is 6.02. The minimum Gasteiger partial charge on any atom is -0.375 e. The van der Waals surface area contributed by atoms with E-state index in [4.69, 9.17) is 4.74 Å². The third kappa shape index (κ3) is 5.29. The Morgan fingerprint density at radius 3 is 2.53 bits per heavy atom. The molecule has 17 heavy (non-hydrogen) atoms. The van der Waals surface area contributed by atoms with Gasteiger partial charge in [0.2, 0.25) is 0 Å². The predicted octanol–water partition coefficient (Wildman–Crippen LogP) is 3.29. The zero-order valence-corrected chi connectivity index (χ0v) is 11.1. The lowest BCUT2D eigenvalue weighted by atomic mass is 10.1. The van der Waals surface area contributed by atoms with Gasteiger partial charge in [0, 0.05) is 18.2 Å². The molecule has 1 N–H and O–H groups in total. The number of hydrogen-bond acceptors (Lipinski definition) is 2. The van der Waals surface area contributed by atoms with Crippen LogP contribution in [0.3, 0.4) is 0 Å². The fraction of sp³-hybridized carbons (Fsp3) is 0.571. The highest BCUT2D eigenvalue weighted by molar-refractivity contribution is 5.20. The summed E-state index contributed by atoms with van der Waals surface area (Å²) < 4.78 is 19.1. The number of nitrogens with one attached hydrogen (secondary N) is 1. The fourth-order valence-electron chi connectivity index (χ4n) is 1.57. The highest BCUT2D eigenvalue weighted by Crippen LogP contribution is 2.15. The van der Waals surface area contributed by atoms with Gasteiger partial charge in [0.25, 0.3) is 0 Å². The van der Waals surface area contributed by atoms with Gasteiger partial charge in [-0.2, -0.15) is 0 Å². The Balaban J connectivity index is 2.36. The van der Waals surface area contributed by atoms with Gasteiger partial charge in [-0.05, 0) is 33.8 Å². The second-order valence-electron chi connectivity index (χ2n) is 5.16. The molecule has 0 fully saturated rings. The molecule has 0 saturated heterocycles. The van der Waals surface area contributed by atoms with Crippen molar-refractivity contribution in [1.29, 1.82) is 0 Å². The van der Waals surface area contributed by atoms with Gasteiger partial charge in [0.05, 0.1) is 12.2 Å². The fourth-order valence-corrected chi connectivity index (χ4v) is 1.57. The number of halogens is 1. The Labute approximate surface area is 103 Å². The molecule has 0 aromatic heterocycles. The zero-order chi connectivity index (χ0) is 12.9. The Bertz CT molecular complexity index is 346. The van der Waals surface area contributed by atoms with Crippen LogP contribution in [0.5, 0.6) is 0 Å². The van der Waals surface area contributed by atoms with Crippen molar-refractivity contribution >= 4 is 0 Å².